The largest absolute Gasteiger partial charge is 0.378 e. The number of rotatable bonds is 4. The number of carbonyl (C=O) groups is 1. The van der Waals surface area contributed by atoms with E-state index in [0.717, 1.165) is 16.5 Å². The molecule has 1 atom stereocenters. The van der Waals surface area contributed by atoms with Crippen molar-refractivity contribution in [2.75, 3.05) is 0 Å². The lowest BCUT2D eigenvalue weighted by Gasteiger charge is -2.08. The highest BCUT2D eigenvalue weighted by molar-refractivity contribution is 5.99. The van der Waals surface area contributed by atoms with E-state index in [2.05, 4.69) is 10.5 Å². The molecule has 1 amide bonds. The number of hydrogen-bond acceptors (Lipinski definition) is 3. The number of aromatic nitrogens is 1. The number of carbonyl (C=O) groups excluding carboxylic acids is 1. The Hall–Kier alpha value is -2.92. The molecule has 1 aromatic heterocycles. The second-order valence-electron chi connectivity index (χ2n) is 5.26. The van der Waals surface area contributed by atoms with Crippen molar-refractivity contribution in [3.63, 3.8) is 0 Å². The molecule has 3 aromatic rings. The maximum absolute atomic E-state index is 11.9. The molecular weight excluding hydrogens is 290 g/mol. The van der Waals surface area contributed by atoms with Gasteiger partial charge in [0.15, 0.2) is 6.10 Å². The molecule has 3 rings (SSSR count). The molecular formula is C18H17N3O2. The van der Waals surface area contributed by atoms with Gasteiger partial charge in [-0.05, 0) is 11.6 Å². The Morgan fingerprint density at radius 2 is 1.87 bits per heavy atom. The van der Waals surface area contributed by atoms with Crippen molar-refractivity contribution in [2.24, 2.45) is 12.1 Å². The summed E-state index contributed by atoms with van der Waals surface area (Å²) in [6.45, 7) is 0. The normalized spacial score (nSPS) is 12.6. The summed E-state index contributed by atoms with van der Waals surface area (Å²) in [6, 6.07) is 16.7. The zero-order chi connectivity index (χ0) is 16.2. The molecule has 23 heavy (non-hydrogen) atoms. The van der Waals surface area contributed by atoms with Crippen molar-refractivity contribution >= 4 is 23.0 Å². The number of aliphatic hydroxyl groups is 1. The summed E-state index contributed by atoms with van der Waals surface area (Å²) in [6.07, 6.45) is 2.28. The molecule has 0 spiro atoms. The topological polar surface area (TPSA) is 66.6 Å². The van der Waals surface area contributed by atoms with Crippen molar-refractivity contribution in [1.82, 2.24) is 9.99 Å². The van der Waals surface area contributed by atoms with E-state index in [-0.39, 0.29) is 0 Å². The Kier molecular flexibility index (Phi) is 4.21. The molecule has 0 aliphatic rings. The molecule has 0 saturated heterocycles. The van der Waals surface area contributed by atoms with Crippen molar-refractivity contribution in [3.05, 3.63) is 71.9 Å². The number of aliphatic hydroxyl groups excluding tert-OH is 1. The van der Waals surface area contributed by atoms with Gasteiger partial charge in [-0.25, -0.2) is 5.43 Å². The SMILES string of the molecule is Cn1cc(C=NNC(=O)[C@H](O)c2ccccc2)c2ccccc21. The highest BCUT2D eigenvalue weighted by Gasteiger charge is 2.16. The van der Waals surface area contributed by atoms with E-state index in [4.69, 9.17) is 0 Å². The molecule has 0 saturated carbocycles. The van der Waals surface area contributed by atoms with Gasteiger partial charge < -0.3 is 9.67 Å². The number of hydrogen-bond donors (Lipinski definition) is 2. The Bertz CT molecular complexity index is 853. The maximum atomic E-state index is 11.9. The first-order valence-corrected chi connectivity index (χ1v) is 7.27. The molecule has 0 fully saturated rings. The summed E-state index contributed by atoms with van der Waals surface area (Å²) < 4.78 is 2.00. The van der Waals surface area contributed by atoms with E-state index >= 15 is 0 Å². The van der Waals surface area contributed by atoms with Gasteiger partial charge in [0.1, 0.15) is 0 Å². The predicted octanol–water partition coefficient (Wildman–Crippen LogP) is 2.36. The summed E-state index contributed by atoms with van der Waals surface area (Å²) in [7, 11) is 1.96. The lowest BCUT2D eigenvalue weighted by atomic mass is 10.1. The highest BCUT2D eigenvalue weighted by Crippen LogP contribution is 2.18. The fourth-order valence-electron chi connectivity index (χ4n) is 2.49. The Morgan fingerprint density at radius 1 is 1.17 bits per heavy atom. The van der Waals surface area contributed by atoms with Crippen LogP contribution in [0.1, 0.15) is 17.2 Å². The van der Waals surface area contributed by atoms with E-state index in [0.29, 0.717) is 5.56 Å². The van der Waals surface area contributed by atoms with Crippen LogP contribution in [0.15, 0.2) is 65.9 Å². The first kappa shape index (κ1) is 15.0. The standard InChI is InChI=1S/C18H17N3O2/c1-21-12-14(15-9-5-6-10-16(15)21)11-19-20-18(23)17(22)13-7-3-2-4-8-13/h2-12,17,22H,1H3,(H,20,23)/t17-/m1/s1. The molecule has 2 N–H and O–H groups in total. The second kappa shape index (κ2) is 6.46. The van der Waals surface area contributed by atoms with Gasteiger partial charge in [0.05, 0.1) is 6.21 Å². The minimum absolute atomic E-state index is 0.533. The number of nitrogens with one attached hydrogen (secondary N) is 1. The molecule has 116 valence electrons. The number of nitrogens with zero attached hydrogens (tertiary/aromatic N) is 2. The third-order valence-electron chi connectivity index (χ3n) is 3.67. The summed E-state index contributed by atoms with van der Waals surface area (Å²) >= 11 is 0. The van der Waals surface area contributed by atoms with Crippen LogP contribution >= 0.6 is 0 Å². The van der Waals surface area contributed by atoms with Crippen LogP contribution in [0.25, 0.3) is 10.9 Å². The number of aryl methyl sites for hydroxylation is 1. The lowest BCUT2D eigenvalue weighted by molar-refractivity contribution is -0.129. The summed E-state index contributed by atoms with van der Waals surface area (Å²) in [4.78, 5) is 11.9. The smallest absolute Gasteiger partial charge is 0.273 e. The van der Waals surface area contributed by atoms with Crippen LogP contribution in [-0.4, -0.2) is 21.8 Å². The van der Waals surface area contributed by atoms with Crippen molar-refractivity contribution in [3.8, 4) is 0 Å². The first-order valence-electron chi connectivity index (χ1n) is 7.27. The van der Waals surface area contributed by atoms with E-state index in [9.17, 15) is 9.90 Å². The van der Waals surface area contributed by atoms with E-state index < -0.39 is 12.0 Å². The van der Waals surface area contributed by atoms with Crippen molar-refractivity contribution in [2.45, 2.75) is 6.10 Å². The van der Waals surface area contributed by atoms with Gasteiger partial charge in [0.2, 0.25) is 0 Å². The second-order valence-corrected chi connectivity index (χ2v) is 5.26. The monoisotopic (exact) mass is 307 g/mol. The quantitative estimate of drug-likeness (QED) is 0.574. The van der Waals surface area contributed by atoms with Gasteiger partial charge in [-0.2, -0.15) is 5.10 Å². The van der Waals surface area contributed by atoms with Gasteiger partial charge in [-0.3, -0.25) is 4.79 Å². The molecule has 0 bridgehead atoms. The van der Waals surface area contributed by atoms with Crippen molar-refractivity contribution < 1.29 is 9.90 Å². The lowest BCUT2D eigenvalue weighted by Crippen LogP contribution is -2.25. The van der Waals surface area contributed by atoms with Crippen LogP contribution < -0.4 is 5.43 Å². The van der Waals surface area contributed by atoms with E-state index in [1.54, 1.807) is 30.5 Å². The number of para-hydroxylation sites is 1. The Morgan fingerprint density at radius 3 is 2.65 bits per heavy atom. The highest BCUT2D eigenvalue weighted by atomic mass is 16.3. The van der Waals surface area contributed by atoms with Gasteiger partial charge in [-0.1, -0.05) is 48.5 Å². The number of fused-ring (bicyclic) bond motifs is 1. The van der Waals surface area contributed by atoms with Crippen LogP contribution in [0.3, 0.4) is 0 Å². The number of benzene rings is 2. The molecule has 5 heteroatoms. The average molecular weight is 307 g/mol. The number of amides is 1. The summed E-state index contributed by atoms with van der Waals surface area (Å²) in [5.41, 5.74) is 4.90. The molecule has 5 nitrogen and oxygen atoms in total. The first-order chi connectivity index (χ1) is 11.2. The Balaban J connectivity index is 1.72. The van der Waals surface area contributed by atoms with Gasteiger partial charge in [0.25, 0.3) is 5.91 Å². The van der Waals surface area contributed by atoms with E-state index in [1.807, 2.05) is 48.1 Å². The van der Waals surface area contributed by atoms with Gasteiger partial charge >= 0.3 is 0 Å². The summed E-state index contributed by atoms with van der Waals surface area (Å²) in [5, 5.41) is 15.0. The van der Waals surface area contributed by atoms with Crippen LogP contribution in [0, 0.1) is 0 Å². The molecule has 0 unspecified atom stereocenters. The number of hydrazone groups is 1. The molecule has 0 radical (unpaired) electrons. The van der Waals surface area contributed by atoms with E-state index in [1.165, 1.54) is 0 Å². The minimum atomic E-state index is -1.24. The van der Waals surface area contributed by atoms with Gasteiger partial charge in [0, 0.05) is 29.7 Å². The molecule has 0 aliphatic carbocycles. The van der Waals surface area contributed by atoms with Crippen LogP contribution in [0.2, 0.25) is 0 Å². The molecule has 1 heterocycles. The predicted molar refractivity (Wildman–Crippen MR) is 90.1 cm³/mol. The Labute approximate surface area is 133 Å². The minimum Gasteiger partial charge on any atom is -0.378 e. The maximum Gasteiger partial charge on any atom is 0.273 e. The fraction of sp³-hybridized carbons (Fsp3) is 0.111. The average Bonchev–Trinajstić information content (AvgIpc) is 2.91. The zero-order valence-corrected chi connectivity index (χ0v) is 12.7. The van der Waals surface area contributed by atoms with Crippen LogP contribution in [-0.2, 0) is 11.8 Å². The fourth-order valence-corrected chi connectivity index (χ4v) is 2.49. The molecule has 0 aliphatic heterocycles. The third kappa shape index (κ3) is 3.14. The summed E-state index contributed by atoms with van der Waals surface area (Å²) in [5.74, 6) is -0.562. The molecule has 2 aromatic carbocycles. The zero-order valence-electron chi connectivity index (χ0n) is 12.7. The van der Waals surface area contributed by atoms with Crippen LogP contribution in [0.5, 0.6) is 0 Å². The van der Waals surface area contributed by atoms with Crippen molar-refractivity contribution in [1.29, 1.82) is 0 Å². The van der Waals surface area contributed by atoms with Gasteiger partial charge in [-0.15, -0.1) is 0 Å². The van der Waals surface area contributed by atoms with Crippen LogP contribution in [0.4, 0.5) is 0 Å². The third-order valence-corrected chi connectivity index (χ3v) is 3.67.